The van der Waals surface area contributed by atoms with Crippen molar-refractivity contribution in [2.75, 3.05) is 13.1 Å². The second-order valence-corrected chi connectivity index (χ2v) is 9.18. The van der Waals surface area contributed by atoms with Crippen molar-refractivity contribution in [3.8, 4) is 0 Å². The summed E-state index contributed by atoms with van der Waals surface area (Å²) >= 11 is 13.7. The van der Waals surface area contributed by atoms with Crippen LogP contribution >= 0.6 is 35.0 Å². The van der Waals surface area contributed by atoms with Crippen LogP contribution in [0.2, 0.25) is 10.0 Å². The van der Waals surface area contributed by atoms with Gasteiger partial charge in [-0.15, -0.1) is 11.8 Å². The second kappa shape index (κ2) is 8.36. The number of carbonyl (C=O) groups is 1. The molecule has 0 N–H and O–H groups in total. The van der Waals surface area contributed by atoms with Crippen molar-refractivity contribution < 1.29 is 9.21 Å². The number of likely N-dealkylation sites (tertiary alicyclic amines) is 1. The first kappa shape index (κ1) is 19.6. The van der Waals surface area contributed by atoms with Gasteiger partial charge < -0.3 is 9.32 Å². The summed E-state index contributed by atoms with van der Waals surface area (Å²) in [5, 5.41) is 1.01. The minimum absolute atomic E-state index is 0.122. The van der Waals surface area contributed by atoms with E-state index < -0.39 is 0 Å². The number of para-hydroxylation sites is 2. The highest BCUT2D eigenvalue weighted by atomic mass is 35.5. The van der Waals surface area contributed by atoms with Gasteiger partial charge in [-0.2, -0.15) is 0 Å². The Bertz CT molecular complexity index is 966. The summed E-state index contributed by atoms with van der Waals surface area (Å²) in [7, 11) is 0. The highest BCUT2D eigenvalue weighted by Crippen LogP contribution is 2.35. The van der Waals surface area contributed by atoms with Gasteiger partial charge in [0.25, 0.3) is 0 Å². The summed E-state index contributed by atoms with van der Waals surface area (Å²) in [5.41, 5.74) is 1.71. The van der Waals surface area contributed by atoms with Gasteiger partial charge in [-0.25, -0.2) is 4.98 Å². The first-order valence-corrected chi connectivity index (χ1v) is 10.9. The number of hydrogen-bond acceptors (Lipinski definition) is 4. The highest BCUT2D eigenvalue weighted by Gasteiger charge is 2.29. The number of benzene rings is 2. The molecular weight excluding hydrogens is 415 g/mol. The van der Waals surface area contributed by atoms with E-state index in [-0.39, 0.29) is 17.1 Å². The van der Waals surface area contributed by atoms with Gasteiger partial charge in [-0.3, -0.25) is 4.79 Å². The summed E-state index contributed by atoms with van der Waals surface area (Å²) in [5.74, 6) is 1.15. The molecule has 0 spiro atoms. The maximum Gasteiger partial charge on any atom is 0.235 e. The van der Waals surface area contributed by atoms with Crippen molar-refractivity contribution in [3.05, 3.63) is 58.4 Å². The first-order valence-electron chi connectivity index (χ1n) is 9.27. The van der Waals surface area contributed by atoms with Gasteiger partial charge >= 0.3 is 0 Å². The molecule has 2 aromatic carbocycles. The molecule has 1 atom stereocenters. The Hall–Kier alpha value is -1.69. The molecule has 4 rings (SSSR count). The number of rotatable bonds is 4. The number of thioether (sulfide) groups is 1. The third-order valence-corrected chi connectivity index (χ3v) is 6.83. The quantitative estimate of drug-likeness (QED) is 0.470. The number of halogens is 2. The van der Waals surface area contributed by atoms with Crippen LogP contribution in [0.5, 0.6) is 0 Å². The van der Waals surface area contributed by atoms with E-state index in [0.29, 0.717) is 23.1 Å². The van der Waals surface area contributed by atoms with Crippen molar-refractivity contribution in [1.82, 2.24) is 9.88 Å². The van der Waals surface area contributed by atoms with Crippen LogP contribution < -0.4 is 0 Å². The zero-order chi connectivity index (χ0) is 19.7. The molecule has 1 fully saturated rings. The molecule has 0 bridgehead atoms. The fourth-order valence-corrected chi connectivity index (χ4v) is 4.97. The van der Waals surface area contributed by atoms with Crippen LogP contribution in [0.15, 0.2) is 51.8 Å². The zero-order valence-corrected chi connectivity index (χ0v) is 17.7. The average Bonchev–Trinajstić information content (AvgIpc) is 3.14. The molecule has 1 aliphatic rings. The molecule has 146 valence electrons. The van der Waals surface area contributed by atoms with E-state index in [0.717, 1.165) is 34.7 Å². The molecule has 1 aliphatic heterocycles. The summed E-state index contributed by atoms with van der Waals surface area (Å²) in [4.78, 5) is 20.2. The summed E-state index contributed by atoms with van der Waals surface area (Å²) in [6.07, 6.45) is 1.71. The Labute approximate surface area is 178 Å². The molecule has 7 heteroatoms. The second-order valence-electron chi connectivity index (χ2n) is 6.95. The van der Waals surface area contributed by atoms with Crippen LogP contribution in [0.3, 0.4) is 0 Å². The lowest BCUT2D eigenvalue weighted by atomic mass is 9.96. The Morgan fingerprint density at radius 2 is 1.96 bits per heavy atom. The highest BCUT2D eigenvalue weighted by molar-refractivity contribution is 8.00. The molecule has 1 unspecified atom stereocenters. The van der Waals surface area contributed by atoms with Gasteiger partial charge in [0.15, 0.2) is 11.5 Å². The lowest BCUT2D eigenvalue weighted by molar-refractivity contribution is -0.131. The molecule has 1 amide bonds. The third-order valence-electron chi connectivity index (χ3n) is 5.01. The van der Waals surface area contributed by atoms with Crippen molar-refractivity contribution >= 4 is 52.0 Å². The van der Waals surface area contributed by atoms with E-state index in [1.165, 1.54) is 11.8 Å². The van der Waals surface area contributed by atoms with Crippen LogP contribution in [-0.4, -0.2) is 34.1 Å². The Morgan fingerprint density at radius 1 is 1.21 bits per heavy atom. The Morgan fingerprint density at radius 3 is 2.71 bits per heavy atom. The van der Waals surface area contributed by atoms with Gasteiger partial charge in [0.1, 0.15) is 5.52 Å². The van der Waals surface area contributed by atoms with Crippen LogP contribution in [-0.2, 0) is 4.79 Å². The number of nitrogens with zero attached hydrogens (tertiary/aromatic N) is 2. The molecule has 2 heterocycles. The standard InChI is InChI=1S/C21H20Cl2N2O2S/c1-13(28-19-12-15(22)6-7-16(19)23)21(26)25-10-8-14(9-11-25)20-24-17-4-2-3-5-18(17)27-20/h2-7,12-14H,8-11H2,1H3. The molecule has 0 aliphatic carbocycles. The number of carbonyl (C=O) groups excluding carboxylic acids is 1. The van der Waals surface area contributed by atoms with Gasteiger partial charge in [-0.05, 0) is 50.1 Å². The van der Waals surface area contributed by atoms with Crippen molar-refractivity contribution in [2.45, 2.75) is 35.8 Å². The summed E-state index contributed by atoms with van der Waals surface area (Å²) < 4.78 is 5.91. The SMILES string of the molecule is CC(Sc1cc(Cl)ccc1Cl)C(=O)N1CCC(c2nc3ccccc3o2)CC1. The van der Waals surface area contributed by atoms with E-state index in [2.05, 4.69) is 4.98 Å². The smallest absolute Gasteiger partial charge is 0.235 e. The molecule has 28 heavy (non-hydrogen) atoms. The molecule has 0 saturated carbocycles. The van der Waals surface area contributed by atoms with E-state index in [4.69, 9.17) is 27.6 Å². The zero-order valence-electron chi connectivity index (χ0n) is 15.4. The van der Waals surface area contributed by atoms with Crippen molar-refractivity contribution in [3.63, 3.8) is 0 Å². The maximum absolute atomic E-state index is 12.9. The molecule has 1 saturated heterocycles. The maximum atomic E-state index is 12.9. The van der Waals surface area contributed by atoms with Gasteiger partial charge in [-0.1, -0.05) is 35.3 Å². The monoisotopic (exact) mass is 434 g/mol. The van der Waals surface area contributed by atoms with Gasteiger partial charge in [0, 0.05) is 28.9 Å². The van der Waals surface area contributed by atoms with Crippen LogP contribution in [0.4, 0.5) is 0 Å². The Balaban J connectivity index is 1.37. The summed E-state index contributed by atoms with van der Waals surface area (Å²) in [6, 6.07) is 13.1. The fourth-order valence-electron chi connectivity index (χ4n) is 3.48. The molecular formula is C21H20Cl2N2O2S. The number of aromatic nitrogens is 1. The lowest BCUT2D eigenvalue weighted by Crippen LogP contribution is -2.41. The first-order chi connectivity index (χ1) is 13.5. The molecule has 4 nitrogen and oxygen atoms in total. The molecule has 3 aromatic rings. The fraction of sp³-hybridized carbons (Fsp3) is 0.333. The normalized spacial score (nSPS) is 16.5. The van der Waals surface area contributed by atoms with E-state index in [1.54, 1.807) is 18.2 Å². The number of piperidine rings is 1. The molecule has 1 aromatic heterocycles. The summed E-state index contributed by atoms with van der Waals surface area (Å²) in [6.45, 7) is 3.32. The van der Waals surface area contributed by atoms with Crippen molar-refractivity contribution in [1.29, 1.82) is 0 Å². The number of amides is 1. The van der Waals surface area contributed by atoms with E-state index >= 15 is 0 Å². The number of hydrogen-bond donors (Lipinski definition) is 0. The van der Waals surface area contributed by atoms with Crippen LogP contribution in [0, 0.1) is 0 Å². The lowest BCUT2D eigenvalue weighted by Gasteiger charge is -2.32. The third kappa shape index (κ3) is 4.17. The van der Waals surface area contributed by atoms with E-state index in [9.17, 15) is 4.79 Å². The van der Waals surface area contributed by atoms with Crippen molar-refractivity contribution in [2.24, 2.45) is 0 Å². The van der Waals surface area contributed by atoms with Crippen LogP contribution in [0.1, 0.15) is 31.6 Å². The predicted molar refractivity (Wildman–Crippen MR) is 114 cm³/mol. The van der Waals surface area contributed by atoms with Gasteiger partial charge in [0.2, 0.25) is 5.91 Å². The predicted octanol–water partition coefficient (Wildman–Crippen LogP) is 6.02. The average molecular weight is 435 g/mol. The Kier molecular flexibility index (Phi) is 5.85. The topological polar surface area (TPSA) is 46.3 Å². The van der Waals surface area contributed by atoms with E-state index in [1.807, 2.05) is 36.1 Å². The van der Waals surface area contributed by atoms with Crippen LogP contribution in [0.25, 0.3) is 11.1 Å². The minimum atomic E-state index is -0.225. The minimum Gasteiger partial charge on any atom is -0.440 e. The molecule has 0 radical (unpaired) electrons. The number of fused-ring (bicyclic) bond motifs is 1. The largest absolute Gasteiger partial charge is 0.440 e. The van der Waals surface area contributed by atoms with Gasteiger partial charge in [0.05, 0.1) is 10.3 Å². The number of oxazole rings is 1.